The van der Waals surface area contributed by atoms with Gasteiger partial charge in [-0.1, -0.05) is 6.07 Å². The fourth-order valence-corrected chi connectivity index (χ4v) is 2.49. The predicted molar refractivity (Wildman–Crippen MR) is 77.5 cm³/mol. The van der Waals surface area contributed by atoms with Crippen LogP contribution in [0.25, 0.3) is 0 Å². The van der Waals surface area contributed by atoms with Crippen LogP contribution in [0.5, 0.6) is 0 Å². The molecule has 5 nitrogen and oxygen atoms in total. The molecule has 1 heterocycles. The second-order valence-electron chi connectivity index (χ2n) is 5.64. The number of fused-ring (bicyclic) bond motifs is 1. The van der Waals surface area contributed by atoms with Crippen LogP contribution in [0, 0.1) is 5.92 Å². The summed E-state index contributed by atoms with van der Waals surface area (Å²) in [6.07, 6.45) is 2.90. The summed E-state index contributed by atoms with van der Waals surface area (Å²) in [6, 6.07) is 5.17. The molecule has 1 aromatic rings. The van der Waals surface area contributed by atoms with E-state index >= 15 is 0 Å². The third-order valence-electron chi connectivity index (χ3n) is 3.85. The molecule has 0 spiro atoms. The number of amides is 2. The lowest BCUT2D eigenvalue weighted by Gasteiger charge is -2.18. The summed E-state index contributed by atoms with van der Waals surface area (Å²) in [5, 5.41) is 2.77. The van der Waals surface area contributed by atoms with Gasteiger partial charge in [-0.15, -0.1) is 0 Å². The minimum atomic E-state index is -0.549. The molecule has 1 fully saturated rings. The highest BCUT2D eigenvalue weighted by Crippen LogP contribution is 2.37. The Labute approximate surface area is 118 Å². The molecule has 1 aliphatic heterocycles. The average molecular weight is 273 g/mol. The van der Waals surface area contributed by atoms with Crippen molar-refractivity contribution >= 4 is 23.2 Å². The number of hydrogen-bond acceptors (Lipinski definition) is 3. The Bertz CT molecular complexity index is 564. The molecule has 3 N–H and O–H groups in total. The van der Waals surface area contributed by atoms with E-state index in [0.717, 1.165) is 37.1 Å². The van der Waals surface area contributed by atoms with Gasteiger partial charge in [0.2, 0.25) is 11.8 Å². The maximum atomic E-state index is 12.2. The molecule has 2 amide bonds. The number of hydrogen-bond donors (Lipinski definition) is 2. The van der Waals surface area contributed by atoms with E-state index in [-0.39, 0.29) is 17.7 Å². The van der Waals surface area contributed by atoms with Crippen molar-refractivity contribution in [1.82, 2.24) is 0 Å². The van der Waals surface area contributed by atoms with Crippen molar-refractivity contribution < 1.29 is 9.59 Å². The molecule has 106 valence electrons. The number of benzene rings is 1. The molecule has 1 aliphatic carbocycles. The molecular formula is C15H19N3O2. The Morgan fingerprint density at radius 3 is 2.80 bits per heavy atom. The number of nitrogens with zero attached hydrogens (tertiary/aromatic N) is 1. The van der Waals surface area contributed by atoms with Gasteiger partial charge in [-0.05, 0) is 43.9 Å². The van der Waals surface area contributed by atoms with E-state index in [2.05, 4.69) is 5.32 Å². The summed E-state index contributed by atoms with van der Waals surface area (Å²) in [5.41, 5.74) is 8.34. The first kappa shape index (κ1) is 13.1. The van der Waals surface area contributed by atoms with Crippen LogP contribution in [-0.2, 0) is 16.0 Å². The highest BCUT2D eigenvalue weighted by atomic mass is 16.2. The molecule has 5 heteroatoms. The molecule has 0 aromatic heterocycles. The van der Waals surface area contributed by atoms with E-state index in [1.54, 1.807) is 6.92 Å². The fourth-order valence-electron chi connectivity index (χ4n) is 2.49. The first-order chi connectivity index (χ1) is 9.56. The van der Waals surface area contributed by atoms with E-state index in [0.29, 0.717) is 5.69 Å². The van der Waals surface area contributed by atoms with Crippen LogP contribution in [-0.4, -0.2) is 24.4 Å². The number of rotatable bonds is 3. The number of anilines is 2. The maximum absolute atomic E-state index is 12.2. The third-order valence-corrected chi connectivity index (χ3v) is 3.85. The van der Waals surface area contributed by atoms with Gasteiger partial charge in [0.05, 0.1) is 6.04 Å². The SMILES string of the molecule is C[C@H](N)C(=O)Nc1ccc2c(c1)N(C(=O)C1CC1)CC2. The first-order valence-corrected chi connectivity index (χ1v) is 7.07. The zero-order valence-electron chi connectivity index (χ0n) is 11.6. The Balaban J connectivity index is 1.82. The van der Waals surface area contributed by atoms with Gasteiger partial charge in [-0.25, -0.2) is 0 Å². The van der Waals surface area contributed by atoms with Gasteiger partial charge in [-0.2, -0.15) is 0 Å². The lowest BCUT2D eigenvalue weighted by molar-refractivity contribution is -0.119. The summed E-state index contributed by atoms with van der Waals surface area (Å²) < 4.78 is 0. The topological polar surface area (TPSA) is 75.4 Å². The first-order valence-electron chi connectivity index (χ1n) is 7.07. The predicted octanol–water partition coefficient (Wildman–Crippen LogP) is 1.27. The number of nitrogens with one attached hydrogen (secondary N) is 1. The quantitative estimate of drug-likeness (QED) is 0.871. The highest BCUT2D eigenvalue weighted by molar-refractivity contribution is 6.00. The van der Waals surface area contributed by atoms with Crippen molar-refractivity contribution in [3.8, 4) is 0 Å². The monoisotopic (exact) mass is 273 g/mol. The van der Waals surface area contributed by atoms with Crippen LogP contribution in [0.4, 0.5) is 11.4 Å². The van der Waals surface area contributed by atoms with Gasteiger partial charge in [0, 0.05) is 23.8 Å². The molecule has 20 heavy (non-hydrogen) atoms. The van der Waals surface area contributed by atoms with Gasteiger partial charge in [0.25, 0.3) is 0 Å². The minimum absolute atomic E-state index is 0.211. The Morgan fingerprint density at radius 2 is 2.15 bits per heavy atom. The lowest BCUT2D eigenvalue weighted by atomic mass is 10.1. The van der Waals surface area contributed by atoms with E-state index in [1.807, 2.05) is 23.1 Å². The Morgan fingerprint density at radius 1 is 1.40 bits per heavy atom. The third kappa shape index (κ3) is 2.41. The minimum Gasteiger partial charge on any atom is -0.325 e. The second kappa shape index (κ2) is 4.90. The standard InChI is InChI=1S/C15H19N3O2/c1-9(16)14(19)17-12-5-4-10-6-7-18(13(10)8-12)15(20)11-2-3-11/h4-5,8-9,11H,2-3,6-7,16H2,1H3,(H,17,19)/t9-/m0/s1. The summed E-state index contributed by atoms with van der Waals surface area (Å²) >= 11 is 0. The molecule has 0 saturated heterocycles. The van der Waals surface area contributed by atoms with E-state index in [1.165, 1.54) is 0 Å². The molecule has 1 aromatic carbocycles. The van der Waals surface area contributed by atoms with Crippen LogP contribution in [0.2, 0.25) is 0 Å². The van der Waals surface area contributed by atoms with Crippen molar-refractivity contribution in [2.45, 2.75) is 32.2 Å². The van der Waals surface area contributed by atoms with Crippen molar-refractivity contribution in [1.29, 1.82) is 0 Å². The van der Waals surface area contributed by atoms with Gasteiger partial charge < -0.3 is 16.0 Å². The summed E-state index contributed by atoms with van der Waals surface area (Å²) in [5.74, 6) is 0.214. The molecule has 1 atom stereocenters. The maximum Gasteiger partial charge on any atom is 0.240 e. The zero-order chi connectivity index (χ0) is 14.3. The van der Waals surface area contributed by atoms with Gasteiger partial charge in [0.15, 0.2) is 0 Å². The Hall–Kier alpha value is -1.88. The lowest BCUT2D eigenvalue weighted by Crippen LogP contribution is -2.32. The smallest absolute Gasteiger partial charge is 0.240 e. The van der Waals surface area contributed by atoms with Crippen molar-refractivity contribution in [3.05, 3.63) is 23.8 Å². The summed E-state index contributed by atoms with van der Waals surface area (Å²) in [4.78, 5) is 25.7. The molecule has 2 aliphatic rings. The van der Waals surface area contributed by atoms with E-state index in [9.17, 15) is 9.59 Å². The van der Waals surface area contributed by atoms with Crippen molar-refractivity contribution in [3.63, 3.8) is 0 Å². The van der Waals surface area contributed by atoms with Gasteiger partial charge in [-0.3, -0.25) is 9.59 Å². The number of carbonyl (C=O) groups excluding carboxylic acids is 2. The molecular weight excluding hydrogens is 254 g/mol. The molecule has 1 saturated carbocycles. The Kier molecular flexibility index (Phi) is 3.22. The van der Waals surface area contributed by atoms with Gasteiger partial charge >= 0.3 is 0 Å². The largest absolute Gasteiger partial charge is 0.325 e. The normalized spacial score (nSPS) is 18.6. The van der Waals surface area contributed by atoms with Crippen molar-refractivity contribution in [2.24, 2.45) is 11.7 Å². The summed E-state index contributed by atoms with van der Waals surface area (Å²) in [6.45, 7) is 2.39. The molecule has 0 radical (unpaired) electrons. The van der Waals surface area contributed by atoms with Crippen LogP contribution in [0.3, 0.4) is 0 Å². The number of nitrogens with two attached hydrogens (primary N) is 1. The molecule has 0 bridgehead atoms. The molecule has 0 unspecified atom stereocenters. The fraction of sp³-hybridized carbons (Fsp3) is 0.467. The summed E-state index contributed by atoms with van der Waals surface area (Å²) in [7, 11) is 0. The van der Waals surface area contributed by atoms with Crippen LogP contribution < -0.4 is 16.0 Å². The second-order valence-corrected chi connectivity index (χ2v) is 5.64. The molecule has 3 rings (SSSR count). The van der Waals surface area contributed by atoms with Crippen LogP contribution in [0.1, 0.15) is 25.3 Å². The van der Waals surface area contributed by atoms with E-state index < -0.39 is 6.04 Å². The van der Waals surface area contributed by atoms with Crippen molar-refractivity contribution in [2.75, 3.05) is 16.8 Å². The van der Waals surface area contributed by atoms with E-state index in [4.69, 9.17) is 5.73 Å². The van der Waals surface area contributed by atoms with Crippen LogP contribution >= 0.6 is 0 Å². The zero-order valence-corrected chi connectivity index (χ0v) is 11.6. The highest BCUT2D eigenvalue weighted by Gasteiger charge is 2.36. The average Bonchev–Trinajstić information content (AvgIpc) is 3.18. The van der Waals surface area contributed by atoms with Crippen LogP contribution in [0.15, 0.2) is 18.2 Å². The number of carbonyl (C=O) groups is 2. The van der Waals surface area contributed by atoms with Gasteiger partial charge in [0.1, 0.15) is 0 Å².